The lowest BCUT2D eigenvalue weighted by Gasteiger charge is -2.30. The van der Waals surface area contributed by atoms with Crippen LogP contribution in [0.15, 0.2) is 85.6 Å². The van der Waals surface area contributed by atoms with E-state index in [-0.39, 0.29) is 67.4 Å². The normalized spacial score (nSPS) is 19.1. The van der Waals surface area contributed by atoms with Gasteiger partial charge in [-0.25, -0.2) is 19.0 Å². The van der Waals surface area contributed by atoms with Crippen LogP contribution in [-0.4, -0.2) is 131 Å². The predicted molar refractivity (Wildman–Crippen MR) is 300 cm³/mol. The first-order valence-corrected chi connectivity index (χ1v) is 27.8. The van der Waals surface area contributed by atoms with Crippen LogP contribution in [0.25, 0.3) is 55.3 Å². The lowest BCUT2D eigenvalue weighted by atomic mass is 9.88. The molecule has 8 aromatic rings. The van der Waals surface area contributed by atoms with Gasteiger partial charge in [0.05, 0.1) is 36.7 Å². The van der Waals surface area contributed by atoms with Crippen LogP contribution >= 0.6 is 11.6 Å². The van der Waals surface area contributed by atoms with Gasteiger partial charge in [0.1, 0.15) is 59.6 Å². The number of likely N-dealkylation sites (tertiary alicyclic amines) is 1. The zero-order valence-electron chi connectivity index (χ0n) is 45.2. The molecule has 12 rings (SSSR count). The fraction of sp³-hybridized carbons (Fsp3) is 0.407. The van der Waals surface area contributed by atoms with Crippen molar-refractivity contribution in [2.24, 2.45) is 5.92 Å². The third kappa shape index (κ3) is 10.2. The fourth-order valence-electron chi connectivity index (χ4n) is 11.7. The van der Waals surface area contributed by atoms with E-state index in [9.17, 15) is 14.7 Å². The Kier molecular flexibility index (Phi) is 14.7. The second-order valence-electron chi connectivity index (χ2n) is 21.9. The number of rotatable bonds is 19. The monoisotopic (exact) mass is 1100 g/mol. The van der Waals surface area contributed by atoms with E-state index in [0.717, 1.165) is 76.8 Å². The molecule has 1 saturated carbocycles. The van der Waals surface area contributed by atoms with Gasteiger partial charge < -0.3 is 39.8 Å². The molecule has 4 aliphatic rings. The SMILES string of the molecule is CO[C@@H](C)COc1nc(N2C[C@@H]3C[C@H]2CN3)c2cc(C3CC3)c(-c3c(C)c(F)cc4[nH]ncc34)c(OCc3ccc(-c4cn([C@H](C(=O)N5CCC[C@H]5C(=O)N[C@@H](CO)c5ccc(-c6cncnc6Cl)cc5)C(C)C)nn4)cc3)c2n1. The summed E-state index contributed by atoms with van der Waals surface area (Å²) in [6, 6.07) is 17.4. The molecular formula is C59H63ClFN13O6. The van der Waals surface area contributed by atoms with E-state index in [2.05, 4.69) is 52.1 Å². The van der Waals surface area contributed by atoms with Crippen molar-refractivity contribution in [2.75, 3.05) is 44.9 Å². The number of ether oxygens (including phenoxy) is 3. The lowest BCUT2D eigenvalue weighted by Crippen LogP contribution is -2.50. The first-order valence-electron chi connectivity index (χ1n) is 27.4. The van der Waals surface area contributed by atoms with Gasteiger partial charge in [-0.3, -0.25) is 14.7 Å². The van der Waals surface area contributed by atoms with Gasteiger partial charge in [-0.2, -0.15) is 15.1 Å². The summed E-state index contributed by atoms with van der Waals surface area (Å²) < 4.78 is 36.6. The Balaban J connectivity index is 0.815. The van der Waals surface area contributed by atoms with Crippen molar-refractivity contribution in [1.29, 1.82) is 0 Å². The molecule has 2 amide bonds. The maximum absolute atomic E-state index is 16.1. The van der Waals surface area contributed by atoms with Crippen LogP contribution in [0, 0.1) is 18.7 Å². The lowest BCUT2D eigenvalue weighted by molar-refractivity contribution is -0.142. The molecule has 4 fully saturated rings. The van der Waals surface area contributed by atoms with Crippen molar-refractivity contribution in [3.05, 3.63) is 119 Å². The molecule has 0 spiro atoms. The first-order chi connectivity index (χ1) is 38.8. The molecule has 80 heavy (non-hydrogen) atoms. The predicted octanol–water partition coefficient (Wildman–Crippen LogP) is 8.45. The summed E-state index contributed by atoms with van der Waals surface area (Å²) in [6.07, 6.45) is 10.4. The zero-order valence-corrected chi connectivity index (χ0v) is 46.0. The number of carbonyl (C=O) groups is 2. The average molecular weight is 1100 g/mol. The highest BCUT2D eigenvalue weighted by Gasteiger charge is 2.42. The van der Waals surface area contributed by atoms with Gasteiger partial charge >= 0.3 is 6.01 Å². The molecule has 6 atom stereocenters. The number of carbonyl (C=O) groups excluding carboxylic acids is 2. The van der Waals surface area contributed by atoms with Crippen LogP contribution in [0.2, 0.25) is 5.15 Å². The second-order valence-corrected chi connectivity index (χ2v) is 22.3. The molecule has 1 aliphatic carbocycles. The summed E-state index contributed by atoms with van der Waals surface area (Å²) in [5.74, 6) is 0.372. The summed E-state index contributed by atoms with van der Waals surface area (Å²) in [6.45, 7) is 9.69. The van der Waals surface area contributed by atoms with Gasteiger partial charge in [0.2, 0.25) is 11.8 Å². The Morgan fingerprint density at radius 3 is 2.49 bits per heavy atom. The van der Waals surface area contributed by atoms with Crippen LogP contribution in [0.1, 0.15) is 93.1 Å². The molecule has 7 heterocycles. The van der Waals surface area contributed by atoms with Crippen molar-refractivity contribution in [3.63, 3.8) is 0 Å². The molecule has 4 aromatic carbocycles. The van der Waals surface area contributed by atoms with Gasteiger partial charge in [-0.05, 0) is 97.7 Å². The highest BCUT2D eigenvalue weighted by atomic mass is 35.5. The van der Waals surface area contributed by atoms with Gasteiger partial charge in [0, 0.05) is 78.1 Å². The third-order valence-corrected chi connectivity index (χ3v) is 16.6. The smallest absolute Gasteiger partial charge is 0.319 e. The summed E-state index contributed by atoms with van der Waals surface area (Å²) >= 11 is 6.29. The maximum Gasteiger partial charge on any atom is 0.319 e. The van der Waals surface area contributed by atoms with Crippen molar-refractivity contribution in [1.82, 2.24) is 60.7 Å². The summed E-state index contributed by atoms with van der Waals surface area (Å²) in [5.41, 5.74) is 8.49. The van der Waals surface area contributed by atoms with E-state index in [1.807, 2.05) is 69.3 Å². The Labute approximate surface area is 466 Å². The number of aromatic nitrogens is 9. The average Bonchev–Trinajstić information content (AvgIpc) is 4.10. The second kappa shape index (κ2) is 22.1. The largest absolute Gasteiger partial charge is 0.486 e. The number of aromatic amines is 1. The fourth-order valence-corrected chi connectivity index (χ4v) is 11.9. The minimum atomic E-state index is -0.747. The summed E-state index contributed by atoms with van der Waals surface area (Å²) in [5, 5.41) is 35.4. The molecule has 3 aliphatic heterocycles. The van der Waals surface area contributed by atoms with Crippen LogP contribution < -0.4 is 25.0 Å². The Morgan fingerprint density at radius 1 is 0.975 bits per heavy atom. The van der Waals surface area contributed by atoms with E-state index in [0.29, 0.717) is 75.3 Å². The summed E-state index contributed by atoms with van der Waals surface area (Å²) in [7, 11) is 1.64. The number of nitrogens with zero attached hydrogens (tertiary/aromatic N) is 10. The topological polar surface area (TPSA) is 224 Å². The summed E-state index contributed by atoms with van der Waals surface area (Å²) in [4.78, 5) is 50.9. The highest BCUT2D eigenvalue weighted by Crippen LogP contribution is 2.53. The first kappa shape index (κ1) is 53.0. The molecule has 4 aromatic heterocycles. The van der Waals surface area contributed by atoms with E-state index in [4.69, 9.17) is 35.8 Å². The van der Waals surface area contributed by atoms with Crippen LogP contribution in [0.3, 0.4) is 0 Å². The molecule has 414 valence electrons. The number of hydrogen-bond donors (Lipinski definition) is 4. The van der Waals surface area contributed by atoms with E-state index in [1.54, 1.807) is 42.2 Å². The molecule has 2 bridgehead atoms. The van der Waals surface area contributed by atoms with Gasteiger partial charge in [0.25, 0.3) is 0 Å². The maximum atomic E-state index is 16.1. The van der Waals surface area contributed by atoms with E-state index >= 15 is 4.39 Å². The number of methoxy groups -OCH3 is 1. The number of hydrogen-bond acceptors (Lipinski definition) is 15. The number of amides is 2. The van der Waals surface area contributed by atoms with Crippen LogP contribution in [0.5, 0.6) is 11.8 Å². The van der Waals surface area contributed by atoms with Crippen molar-refractivity contribution >= 4 is 51.0 Å². The van der Waals surface area contributed by atoms with Gasteiger partial charge in [0.15, 0.2) is 5.75 Å². The van der Waals surface area contributed by atoms with Crippen molar-refractivity contribution in [3.8, 4) is 45.3 Å². The Bertz CT molecular complexity index is 3610. The molecule has 19 nitrogen and oxygen atoms in total. The number of H-pyrrole nitrogens is 1. The van der Waals surface area contributed by atoms with E-state index in [1.165, 1.54) is 12.4 Å². The molecular weight excluding hydrogens is 1040 g/mol. The molecule has 21 heteroatoms. The van der Waals surface area contributed by atoms with Crippen LogP contribution in [-0.2, 0) is 20.9 Å². The number of piperazine rings is 1. The number of aliphatic hydroxyl groups is 1. The molecule has 4 N–H and O–H groups in total. The quantitative estimate of drug-likeness (QED) is 0.0558. The zero-order chi connectivity index (χ0) is 55.3. The standard InChI is InChI=1S/C59H63ClFN13O6/c1-31(2)53(58(77)72-18-6-7-49(72)57(76)66-48(27-75)38-16-14-36(15-17-38)43-23-62-30-64-55(43)60)74-26-47(70-71-74)37-10-8-34(9-11-37)29-79-54-51(50-33(4)45(61)21-46-44(50)24-65-69-46)41(35-12-13-35)20-42-52(54)67-59(80-28-32(3)78-5)68-56(42)73-25-39-19-40(73)22-63-39/h8-11,14-17,20-21,23-24,26,30-32,35,39-40,48-49,53,63,75H,6-7,12-13,18-19,22,25,27-29H2,1-5H3,(H,65,69)(H,66,76)/t32-,39-,40-,48-,49-,53-/m0/s1. The number of anilines is 1. The Hall–Kier alpha value is -7.65. The van der Waals surface area contributed by atoms with Gasteiger partial charge in [-0.1, -0.05) is 79.2 Å². The minimum Gasteiger partial charge on any atom is -0.486 e. The van der Waals surface area contributed by atoms with Gasteiger partial charge in [-0.15, -0.1) is 5.10 Å². The molecule has 0 unspecified atom stereocenters. The number of halogens is 2. The molecule has 3 saturated heterocycles. The number of benzene rings is 4. The van der Waals surface area contributed by atoms with Crippen LogP contribution in [0.4, 0.5) is 10.2 Å². The Morgan fingerprint density at radius 2 is 1.77 bits per heavy atom. The third-order valence-electron chi connectivity index (χ3n) is 16.3. The highest BCUT2D eigenvalue weighted by molar-refractivity contribution is 6.32. The number of fused-ring (bicyclic) bond motifs is 4. The van der Waals surface area contributed by atoms with Crippen molar-refractivity contribution in [2.45, 2.75) is 109 Å². The number of nitrogens with one attached hydrogen (secondary N) is 3. The minimum absolute atomic E-state index is 0.139. The van der Waals surface area contributed by atoms with E-state index < -0.39 is 18.1 Å². The van der Waals surface area contributed by atoms with Crippen molar-refractivity contribution < 1.29 is 33.3 Å². The number of aliphatic hydroxyl groups excluding tert-OH is 1. The molecule has 0 radical (unpaired) electrons.